The minimum Gasteiger partial charge on any atom is -0.454 e. The third kappa shape index (κ3) is 4.00. The van der Waals surface area contributed by atoms with Crippen LogP contribution in [0.1, 0.15) is 16.2 Å². The standard InChI is InChI=1S/C24H16BrN5O2/c25-17-12-10-16(11-13-17)22-14-20(19-8-4-5-9-21(19)26-22)24(31)32-15-23-27-28-29-30(23)18-6-2-1-3-7-18/h1-14H,15H2. The minimum atomic E-state index is -0.468. The maximum Gasteiger partial charge on any atom is 0.339 e. The Bertz CT molecular complexity index is 1400. The first-order valence-corrected chi connectivity index (χ1v) is 10.6. The maximum absolute atomic E-state index is 13.1. The molecule has 0 amide bonds. The van der Waals surface area contributed by atoms with Crippen molar-refractivity contribution in [2.24, 2.45) is 0 Å². The molecule has 8 heteroatoms. The molecular weight excluding hydrogens is 470 g/mol. The highest BCUT2D eigenvalue weighted by atomic mass is 79.9. The van der Waals surface area contributed by atoms with E-state index in [1.165, 1.54) is 0 Å². The average molecular weight is 486 g/mol. The minimum absolute atomic E-state index is 0.0645. The molecule has 0 radical (unpaired) electrons. The highest BCUT2D eigenvalue weighted by molar-refractivity contribution is 9.10. The Morgan fingerprint density at radius 3 is 2.50 bits per heavy atom. The van der Waals surface area contributed by atoms with Gasteiger partial charge in [-0.2, -0.15) is 4.68 Å². The van der Waals surface area contributed by atoms with Gasteiger partial charge >= 0.3 is 5.97 Å². The number of carbonyl (C=O) groups is 1. The van der Waals surface area contributed by atoms with Crippen molar-refractivity contribution in [1.82, 2.24) is 25.2 Å². The number of rotatable bonds is 5. The maximum atomic E-state index is 13.1. The Morgan fingerprint density at radius 1 is 0.938 bits per heavy atom. The van der Waals surface area contributed by atoms with E-state index >= 15 is 0 Å². The van der Waals surface area contributed by atoms with Gasteiger partial charge in [-0.15, -0.1) is 5.10 Å². The zero-order valence-electron chi connectivity index (χ0n) is 16.7. The first-order valence-electron chi connectivity index (χ1n) is 9.84. The summed E-state index contributed by atoms with van der Waals surface area (Å²) in [6, 6.07) is 26.5. The highest BCUT2D eigenvalue weighted by Gasteiger charge is 2.17. The van der Waals surface area contributed by atoms with E-state index in [0.717, 1.165) is 21.1 Å². The van der Waals surface area contributed by atoms with E-state index in [2.05, 4.69) is 31.5 Å². The molecule has 5 rings (SSSR count). The number of para-hydroxylation sites is 2. The molecule has 0 fully saturated rings. The first kappa shape index (κ1) is 20.0. The number of benzene rings is 3. The van der Waals surface area contributed by atoms with Gasteiger partial charge in [-0.1, -0.05) is 64.5 Å². The van der Waals surface area contributed by atoms with Gasteiger partial charge in [-0.3, -0.25) is 0 Å². The number of halogens is 1. The Balaban J connectivity index is 1.46. The summed E-state index contributed by atoms with van der Waals surface area (Å²) in [4.78, 5) is 17.8. The smallest absolute Gasteiger partial charge is 0.339 e. The Labute approximate surface area is 191 Å². The summed E-state index contributed by atoms with van der Waals surface area (Å²) in [5.41, 5.74) is 3.54. The largest absolute Gasteiger partial charge is 0.454 e. The number of pyridine rings is 1. The van der Waals surface area contributed by atoms with E-state index in [9.17, 15) is 4.79 Å². The zero-order chi connectivity index (χ0) is 21.9. The molecule has 0 spiro atoms. The molecule has 156 valence electrons. The second-order valence-corrected chi connectivity index (χ2v) is 7.91. The fourth-order valence-corrected chi connectivity index (χ4v) is 3.65. The number of carbonyl (C=O) groups excluding carboxylic acids is 1. The summed E-state index contributed by atoms with van der Waals surface area (Å²) >= 11 is 3.44. The van der Waals surface area contributed by atoms with E-state index in [-0.39, 0.29) is 6.61 Å². The summed E-state index contributed by atoms with van der Waals surface area (Å²) in [5, 5.41) is 12.4. The molecule has 0 saturated heterocycles. The Hall–Kier alpha value is -3.91. The second kappa shape index (κ2) is 8.68. The van der Waals surface area contributed by atoms with Crippen molar-refractivity contribution in [2.75, 3.05) is 0 Å². The van der Waals surface area contributed by atoms with E-state index in [0.29, 0.717) is 22.6 Å². The van der Waals surface area contributed by atoms with Crippen LogP contribution in [0.2, 0.25) is 0 Å². The summed E-state index contributed by atoms with van der Waals surface area (Å²) < 4.78 is 8.13. The van der Waals surface area contributed by atoms with E-state index in [4.69, 9.17) is 9.72 Å². The fraction of sp³-hybridized carbons (Fsp3) is 0.0417. The van der Waals surface area contributed by atoms with Gasteiger partial charge in [-0.05, 0) is 46.8 Å². The molecule has 0 saturated carbocycles. The van der Waals surface area contributed by atoms with Crippen molar-refractivity contribution in [3.05, 3.63) is 101 Å². The van der Waals surface area contributed by atoms with E-state index in [1.807, 2.05) is 78.9 Å². The van der Waals surface area contributed by atoms with Gasteiger partial charge in [0.2, 0.25) is 0 Å². The van der Waals surface area contributed by atoms with Crippen LogP contribution in [0.15, 0.2) is 89.4 Å². The quantitative estimate of drug-likeness (QED) is 0.326. The number of hydrogen-bond acceptors (Lipinski definition) is 6. The third-order valence-corrected chi connectivity index (χ3v) is 5.47. The van der Waals surface area contributed by atoms with Crippen molar-refractivity contribution in [3.8, 4) is 16.9 Å². The molecule has 0 unspecified atom stereocenters. The van der Waals surface area contributed by atoms with Crippen LogP contribution in [0.25, 0.3) is 27.8 Å². The average Bonchev–Trinajstić information content (AvgIpc) is 3.31. The van der Waals surface area contributed by atoms with Gasteiger partial charge in [0.25, 0.3) is 0 Å². The molecule has 2 heterocycles. The molecule has 7 nitrogen and oxygen atoms in total. The normalized spacial score (nSPS) is 10.9. The second-order valence-electron chi connectivity index (χ2n) is 7.00. The number of hydrogen-bond donors (Lipinski definition) is 0. The molecule has 5 aromatic rings. The molecule has 0 aliphatic heterocycles. The predicted molar refractivity (Wildman–Crippen MR) is 123 cm³/mol. The topological polar surface area (TPSA) is 82.8 Å². The lowest BCUT2D eigenvalue weighted by Gasteiger charge is -2.10. The molecule has 0 aliphatic carbocycles. The van der Waals surface area contributed by atoms with E-state index in [1.54, 1.807) is 10.7 Å². The van der Waals surface area contributed by atoms with Gasteiger partial charge < -0.3 is 4.74 Å². The lowest BCUT2D eigenvalue weighted by molar-refractivity contribution is 0.0462. The molecule has 0 atom stereocenters. The number of esters is 1. The number of ether oxygens (including phenoxy) is 1. The Kier molecular flexibility index (Phi) is 5.43. The van der Waals surface area contributed by atoms with Crippen LogP contribution in [-0.4, -0.2) is 31.2 Å². The molecule has 32 heavy (non-hydrogen) atoms. The third-order valence-electron chi connectivity index (χ3n) is 4.94. The van der Waals surface area contributed by atoms with Crippen LogP contribution in [-0.2, 0) is 11.3 Å². The van der Waals surface area contributed by atoms with Crippen molar-refractivity contribution < 1.29 is 9.53 Å². The predicted octanol–water partition coefficient (Wildman–Crippen LogP) is 5.00. The van der Waals surface area contributed by atoms with Crippen LogP contribution < -0.4 is 0 Å². The van der Waals surface area contributed by atoms with Gasteiger partial charge in [0.1, 0.15) is 0 Å². The van der Waals surface area contributed by atoms with Crippen molar-refractivity contribution >= 4 is 32.8 Å². The van der Waals surface area contributed by atoms with Gasteiger partial charge in [-0.25, -0.2) is 9.78 Å². The summed E-state index contributed by atoms with van der Waals surface area (Å²) in [7, 11) is 0. The fourth-order valence-electron chi connectivity index (χ4n) is 3.39. The highest BCUT2D eigenvalue weighted by Crippen LogP contribution is 2.26. The van der Waals surface area contributed by atoms with Crippen molar-refractivity contribution in [3.63, 3.8) is 0 Å². The van der Waals surface area contributed by atoms with Crippen LogP contribution in [0.5, 0.6) is 0 Å². The number of fused-ring (bicyclic) bond motifs is 1. The zero-order valence-corrected chi connectivity index (χ0v) is 18.3. The molecule has 3 aromatic carbocycles. The van der Waals surface area contributed by atoms with Crippen LogP contribution in [0.4, 0.5) is 0 Å². The summed E-state index contributed by atoms with van der Waals surface area (Å²) in [6.45, 7) is -0.0645. The first-order chi connectivity index (χ1) is 15.7. The summed E-state index contributed by atoms with van der Waals surface area (Å²) in [5.74, 6) is -0.0411. The van der Waals surface area contributed by atoms with E-state index < -0.39 is 5.97 Å². The van der Waals surface area contributed by atoms with Crippen molar-refractivity contribution in [2.45, 2.75) is 6.61 Å². The monoisotopic (exact) mass is 485 g/mol. The van der Waals surface area contributed by atoms with Crippen LogP contribution >= 0.6 is 15.9 Å². The SMILES string of the molecule is O=C(OCc1nnnn1-c1ccccc1)c1cc(-c2ccc(Br)cc2)nc2ccccc12. The summed E-state index contributed by atoms with van der Waals surface area (Å²) in [6.07, 6.45) is 0. The molecule has 0 bridgehead atoms. The molecule has 0 aliphatic rings. The number of tetrazole rings is 1. The van der Waals surface area contributed by atoms with Gasteiger partial charge in [0.15, 0.2) is 12.4 Å². The van der Waals surface area contributed by atoms with Crippen LogP contribution in [0.3, 0.4) is 0 Å². The number of aromatic nitrogens is 5. The Morgan fingerprint density at radius 2 is 1.69 bits per heavy atom. The lowest BCUT2D eigenvalue weighted by atomic mass is 10.0. The number of nitrogens with zero attached hydrogens (tertiary/aromatic N) is 5. The lowest BCUT2D eigenvalue weighted by Crippen LogP contribution is -2.11. The molecule has 0 N–H and O–H groups in total. The van der Waals surface area contributed by atoms with Gasteiger partial charge in [0.05, 0.1) is 22.5 Å². The van der Waals surface area contributed by atoms with Gasteiger partial charge in [0, 0.05) is 15.4 Å². The molecule has 2 aromatic heterocycles. The molecular formula is C24H16BrN5O2. The van der Waals surface area contributed by atoms with Crippen molar-refractivity contribution in [1.29, 1.82) is 0 Å². The van der Waals surface area contributed by atoms with Crippen LogP contribution in [0, 0.1) is 0 Å².